The van der Waals surface area contributed by atoms with Crippen molar-refractivity contribution in [2.75, 3.05) is 26.7 Å². The molecule has 0 aromatic carbocycles. The summed E-state index contributed by atoms with van der Waals surface area (Å²) in [6, 6.07) is 0. The zero-order valence-electron chi connectivity index (χ0n) is 14.0. The number of rotatable bonds is 2. The lowest BCUT2D eigenvalue weighted by atomic mass is 9.93. The maximum absolute atomic E-state index is 13.0. The first-order valence-corrected chi connectivity index (χ1v) is 8.23. The van der Waals surface area contributed by atoms with Gasteiger partial charge >= 0.3 is 0 Å². The van der Waals surface area contributed by atoms with Gasteiger partial charge in [0.25, 0.3) is 11.8 Å². The van der Waals surface area contributed by atoms with Crippen LogP contribution in [0.2, 0.25) is 0 Å². The molecular formula is C17H24N2O4. The molecule has 1 aromatic heterocycles. The van der Waals surface area contributed by atoms with Crippen LogP contribution < -0.4 is 5.32 Å². The SMILES string of the molecule is CNC(=O)[C@]1(C)CN(C(=O)c2c(C)oc3c2CCCC3)CCO1. The Balaban J connectivity index is 1.86. The maximum Gasteiger partial charge on any atom is 0.257 e. The number of ether oxygens (including phenoxy) is 1. The van der Waals surface area contributed by atoms with Crippen LogP contribution in [0.3, 0.4) is 0 Å². The van der Waals surface area contributed by atoms with Crippen molar-refractivity contribution in [1.29, 1.82) is 0 Å². The van der Waals surface area contributed by atoms with Crippen molar-refractivity contribution in [3.8, 4) is 0 Å². The summed E-state index contributed by atoms with van der Waals surface area (Å²) in [5.41, 5.74) is 0.758. The number of nitrogens with one attached hydrogen (secondary N) is 1. The molecule has 1 atom stereocenters. The molecule has 2 aliphatic rings. The molecule has 23 heavy (non-hydrogen) atoms. The van der Waals surface area contributed by atoms with Gasteiger partial charge in [0.1, 0.15) is 11.5 Å². The van der Waals surface area contributed by atoms with Gasteiger partial charge in [-0.1, -0.05) is 0 Å². The number of hydrogen-bond donors (Lipinski definition) is 1. The zero-order chi connectivity index (χ0) is 16.6. The number of nitrogens with zero attached hydrogens (tertiary/aromatic N) is 1. The summed E-state index contributed by atoms with van der Waals surface area (Å²) in [5, 5.41) is 2.61. The number of carbonyl (C=O) groups excluding carboxylic acids is 2. The van der Waals surface area contributed by atoms with Crippen LogP contribution in [0.5, 0.6) is 0 Å². The number of likely N-dealkylation sites (N-methyl/N-ethyl adjacent to an activating group) is 1. The fraction of sp³-hybridized carbons (Fsp3) is 0.647. The average molecular weight is 320 g/mol. The van der Waals surface area contributed by atoms with Gasteiger partial charge in [0.2, 0.25) is 0 Å². The topological polar surface area (TPSA) is 71.8 Å². The summed E-state index contributed by atoms with van der Waals surface area (Å²) in [4.78, 5) is 26.8. The quantitative estimate of drug-likeness (QED) is 0.895. The molecule has 2 heterocycles. The van der Waals surface area contributed by atoms with E-state index in [0.717, 1.165) is 37.0 Å². The second kappa shape index (κ2) is 6.00. The van der Waals surface area contributed by atoms with E-state index in [2.05, 4.69) is 5.32 Å². The van der Waals surface area contributed by atoms with Crippen LogP contribution in [-0.4, -0.2) is 49.1 Å². The lowest BCUT2D eigenvalue weighted by molar-refractivity contribution is -0.153. The molecule has 1 aromatic rings. The molecule has 126 valence electrons. The van der Waals surface area contributed by atoms with Crippen LogP contribution in [0.1, 0.15) is 47.2 Å². The molecule has 0 radical (unpaired) electrons. The van der Waals surface area contributed by atoms with Crippen molar-refractivity contribution in [3.05, 3.63) is 22.6 Å². The predicted octanol–water partition coefficient (Wildman–Crippen LogP) is 1.44. The van der Waals surface area contributed by atoms with E-state index in [4.69, 9.17) is 9.15 Å². The normalized spacial score (nSPS) is 24.2. The van der Waals surface area contributed by atoms with Gasteiger partial charge in [-0.05, 0) is 33.1 Å². The second-order valence-corrected chi connectivity index (χ2v) is 6.53. The summed E-state index contributed by atoms with van der Waals surface area (Å²) in [5.74, 6) is 1.39. The number of morpholine rings is 1. The van der Waals surface area contributed by atoms with Crippen molar-refractivity contribution in [2.24, 2.45) is 0 Å². The van der Waals surface area contributed by atoms with Crippen LogP contribution in [0.15, 0.2) is 4.42 Å². The number of fused-ring (bicyclic) bond motifs is 1. The van der Waals surface area contributed by atoms with Gasteiger partial charge in [-0.25, -0.2) is 0 Å². The number of aryl methyl sites for hydroxylation is 2. The molecule has 3 rings (SSSR count). The van der Waals surface area contributed by atoms with Gasteiger partial charge in [0.15, 0.2) is 5.60 Å². The highest BCUT2D eigenvalue weighted by molar-refractivity contribution is 5.98. The Kier molecular flexibility index (Phi) is 4.19. The number of hydrogen-bond acceptors (Lipinski definition) is 4. The number of carbonyl (C=O) groups is 2. The molecule has 1 fully saturated rings. The summed E-state index contributed by atoms with van der Waals surface area (Å²) >= 11 is 0. The Morgan fingerprint density at radius 2 is 2.00 bits per heavy atom. The Bertz CT molecular complexity index is 637. The van der Waals surface area contributed by atoms with Crippen molar-refractivity contribution < 1.29 is 18.7 Å². The Hall–Kier alpha value is -1.82. The third-order valence-corrected chi connectivity index (χ3v) is 4.83. The first-order chi connectivity index (χ1) is 11.0. The minimum absolute atomic E-state index is 0.0483. The Morgan fingerprint density at radius 3 is 2.74 bits per heavy atom. The van der Waals surface area contributed by atoms with E-state index < -0.39 is 5.60 Å². The molecule has 1 N–H and O–H groups in total. The van der Waals surface area contributed by atoms with E-state index in [1.54, 1.807) is 18.9 Å². The molecule has 0 bridgehead atoms. The van der Waals surface area contributed by atoms with Crippen molar-refractivity contribution in [2.45, 2.75) is 45.1 Å². The minimum atomic E-state index is -1.000. The Labute approximate surface area is 136 Å². The van der Waals surface area contributed by atoms with Gasteiger partial charge < -0.3 is 19.4 Å². The summed E-state index contributed by atoms with van der Waals surface area (Å²) in [6.07, 6.45) is 4.00. The standard InChI is InChI=1S/C17H24N2O4/c1-11-14(12-6-4-5-7-13(12)23-11)15(20)19-8-9-22-17(2,10-19)16(21)18-3/h4-10H2,1-3H3,(H,18,21)/t17-/m0/s1. The van der Waals surface area contributed by atoms with Gasteiger partial charge in [0.05, 0.1) is 18.7 Å². The zero-order valence-corrected chi connectivity index (χ0v) is 14.0. The van der Waals surface area contributed by atoms with Gasteiger partial charge in [-0.15, -0.1) is 0 Å². The third-order valence-electron chi connectivity index (χ3n) is 4.83. The van der Waals surface area contributed by atoms with Crippen LogP contribution >= 0.6 is 0 Å². The molecule has 1 aliphatic carbocycles. The molecule has 6 heteroatoms. The van der Waals surface area contributed by atoms with Crippen molar-refractivity contribution in [3.63, 3.8) is 0 Å². The highest BCUT2D eigenvalue weighted by Gasteiger charge is 2.41. The number of furan rings is 1. The third kappa shape index (κ3) is 2.76. The second-order valence-electron chi connectivity index (χ2n) is 6.53. The average Bonchev–Trinajstić information content (AvgIpc) is 2.89. The van der Waals surface area contributed by atoms with Gasteiger partial charge in [-0.2, -0.15) is 0 Å². The first-order valence-electron chi connectivity index (χ1n) is 8.23. The van der Waals surface area contributed by atoms with Crippen molar-refractivity contribution in [1.82, 2.24) is 10.2 Å². The summed E-state index contributed by atoms with van der Waals surface area (Å²) in [7, 11) is 1.58. The highest BCUT2D eigenvalue weighted by atomic mass is 16.5. The number of amides is 2. The highest BCUT2D eigenvalue weighted by Crippen LogP contribution is 2.31. The first kappa shape index (κ1) is 16.1. The van der Waals surface area contributed by atoms with E-state index in [-0.39, 0.29) is 18.4 Å². The van der Waals surface area contributed by atoms with Gasteiger partial charge in [0, 0.05) is 25.6 Å². The van der Waals surface area contributed by atoms with E-state index in [9.17, 15) is 9.59 Å². The molecule has 6 nitrogen and oxygen atoms in total. The van der Waals surface area contributed by atoms with Crippen LogP contribution in [0, 0.1) is 6.92 Å². The largest absolute Gasteiger partial charge is 0.465 e. The van der Waals surface area contributed by atoms with E-state index in [1.165, 1.54) is 0 Å². The molecule has 2 amide bonds. The fourth-order valence-electron chi connectivity index (χ4n) is 3.59. The molecule has 0 unspecified atom stereocenters. The summed E-state index contributed by atoms with van der Waals surface area (Å²) < 4.78 is 11.4. The molecule has 1 saturated heterocycles. The minimum Gasteiger partial charge on any atom is -0.465 e. The van der Waals surface area contributed by atoms with Crippen LogP contribution in [0.25, 0.3) is 0 Å². The van der Waals surface area contributed by atoms with Crippen molar-refractivity contribution >= 4 is 11.8 Å². The smallest absolute Gasteiger partial charge is 0.257 e. The van der Waals surface area contributed by atoms with E-state index >= 15 is 0 Å². The summed E-state index contributed by atoms with van der Waals surface area (Å²) in [6.45, 7) is 4.68. The van der Waals surface area contributed by atoms with Crippen LogP contribution in [-0.2, 0) is 22.4 Å². The lowest BCUT2D eigenvalue weighted by Gasteiger charge is -2.39. The molecule has 0 saturated carbocycles. The monoisotopic (exact) mass is 320 g/mol. The maximum atomic E-state index is 13.0. The Morgan fingerprint density at radius 1 is 1.26 bits per heavy atom. The van der Waals surface area contributed by atoms with E-state index in [0.29, 0.717) is 24.5 Å². The fourth-order valence-corrected chi connectivity index (χ4v) is 3.59. The van der Waals surface area contributed by atoms with Gasteiger partial charge in [-0.3, -0.25) is 9.59 Å². The lowest BCUT2D eigenvalue weighted by Crippen LogP contribution is -2.58. The van der Waals surface area contributed by atoms with E-state index in [1.807, 2.05) is 6.92 Å². The van der Waals surface area contributed by atoms with Crippen LogP contribution in [0.4, 0.5) is 0 Å². The molecular weight excluding hydrogens is 296 g/mol. The molecule has 1 aliphatic heterocycles. The molecule has 0 spiro atoms. The predicted molar refractivity (Wildman–Crippen MR) is 84.4 cm³/mol.